The first-order chi connectivity index (χ1) is 16.8. The Kier molecular flexibility index (Phi) is 6.29. The van der Waals surface area contributed by atoms with Crippen LogP contribution in [0.3, 0.4) is 0 Å². The Bertz CT molecular complexity index is 1220. The van der Waals surface area contributed by atoms with Crippen molar-refractivity contribution in [1.82, 2.24) is 19.4 Å². The predicted molar refractivity (Wildman–Crippen MR) is 129 cm³/mol. The molecule has 0 radical (unpaired) electrons. The van der Waals surface area contributed by atoms with Gasteiger partial charge in [0.2, 0.25) is 10.0 Å². The van der Waals surface area contributed by atoms with Gasteiger partial charge in [-0.05, 0) is 61.6 Å². The van der Waals surface area contributed by atoms with Gasteiger partial charge in [-0.15, -0.1) is 0 Å². The Balaban J connectivity index is 1.24. The molecule has 1 aliphatic carbocycles. The molecule has 3 aliphatic rings. The highest BCUT2D eigenvalue weighted by atomic mass is 32.2. The molecule has 2 saturated heterocycles. The van der Waals surface area contributed by atoms with Crippen LogP contribution in [-0.2, 0) is 26.8 Å². The van der Waals surface area contributed by atoms with E-state index in [1.54, 1.807) is 24.3 Å². The highest BCUT2D eigenvalue weighted by molar-refractivity contribution is 7.89. The fourth-order valence-electron chi connectivity index (χ4n) is 5.27. The van der Waals surface area contributed by atoms with Crippen molar-refractivity contribution in [3.8, 4) is 5.75 Å². The largest absolute Gasteiger partial charge is 0.494 e. The number of sulfonamides is 1. The van der Waals surface area contributed by atoms with Gasteiger partial charge in [0.25, 0.3) is 5.91 Å². The lowest BCUT2D eigenvalue weighted by molar-refractivity contribution is -0.133. The van der Waals surface area contributed by atoms with Crippen molar-refractivity contribution in [3.05, 3.63) is 59.7 Å². The Morgan fingerprint density at radius 2 is 1.71 bits per heavy atom. The summed E-state index contributed by atoms with van der Waals surface area (Å²) in [6.45, 7) is 3.95. The summed E-state index contributed by atoms with van der Waals surface area (Å²) in [6, 6.07) is 13.8. The molecule has 2 aliphatic heterocycles. The van der Waals surface area contributed by atoms with Crippen LogP contribution in [0.25, 0.3) is 0 Å². The van der Waals surface area contributed by atoms with Crippen LogP contribution in [0.15, 0.2) is 53.4 Å². The van der Waals surface area contributed by atoms with Crippen LogP contribution in [0.2, 0.25) is 0 Å². The Hall–Kier alpha value is -2.95. The number of hydrogen-bond acceptors (Lipinski definition) is 6. The average molecular weight is 499 g/mol. The topological polar surface area (TPSA) is 99.3 Å². The minimum absolute atomic E-state index is 0.144. The molecule has 2 heterocycles. The number of rotatable bonds is 6. The van der Waals surface area contributed by atoms with Gasteiger partial charge in [0.05, 0.1) is 18.2 Å². The minimum Gasteiger partial charge on any atom is -0.494 e. The van der Waals surface area contributed by atoms with Crippen molar-refractivity contribution < 1.29 is 22.7 Å². The molecule has 2 aromatic rings. The molecule has 0 bridgehead atoms. The van der Waals surface area contributed by atoms with Crippen molar-refractivity contribution in [3.63, 3.8) is 0 Å². The van der Waals surface area contributed by atoms with Gasteiger partial charge in [0.15, 0.2) is 0 Å². The van der Waals surface area contributed by atoms with Crippen molar-refractivity contribution in [2.45, 2.75) is 36.6 Å². The summed E-state index contributed by atoms with van der Waals surface area (Å²) in [5.74, 6) is 0.405. The second kappa shape index (κ2) is 9.25. The first-order valence-corrected chi connectivity index (χ1v) is 13.5. The first-order valence-electron chi connectivity index (χ1n) is 12.0. The van der Waals surface area contributed by atoms with Crippen LogP contribution < -0.4 is 10.1 Å². The standard InChI is InChI=1S/C25H30N4O5S/c1-2-34-20-9-11-21(12-10-20)35(32,33)28-16-14-27(15-17-28)18-29-23(30)25(26-24(29)31)13-5-7-19-6-3-4-8-22(19)25/h3-4,6,8-12H,2,5,7,13-18H2,1H3,(H,26,31). The van der Waals surface area contributed by atoms with E-state index in [0.717, 1.165) is 24.0 Å². The van der Waals surface area contributed by atoms with E-state index < -0.39 is 21.6 Å². The smallest absolute Gasteiger partial charge is 0.326 e. The number of carbonyl (C=O) groups excluding carboxylic acids is 2. The van der Waals surface area contributed by atoms with E-state index in [1.807, 2.05) is 36.1 Å². The number of hydrogen-bond donors (Lipinski definition) is 1. The van der Waals surface area contributed by atoms with E-state index in [0.29, 0.717) is 31.9 Å². The van der Waals surface area contributed by atoms with E-state index >= 15 is 0 Å². The van der Waals surface area contributed by atoms with E-state index in [4.69, 9.17) is 4.74 Å². The molecule has 1 N–H and O–H groups in total. The van der Waals surface area contributed by atoms with Crippen molar-refractivity contribution in [2.24, 2.45) is 0 Å². The number of piperazine rings is 1. The second-order valence-electron chi connectivity index (χ2n) is 9.15. The number of aryl methyl sites for hydroxylation is 1. The van der Waals surface area contributed by atoms with Gasteiger partial charge in [0, 0.05) is 26.2 Å². The second-order valence-corrected chi connectivity index (χ2v) is 11.1. The average Bonchev–Trinajstić information content (AvgIpc) is 3.10. The third kappa shape index (κ3) is 4.19. The number of nitrogens with zero attached hydrogens (tertiary/aromatic N) is 3. The zero-order valence-corrected chi connectivity index (χ0v) is 20.6. The normalized spacial score (nSPS) is 23.4. The summed E-state index contributed by atoms with van der Waals surface area (Å²) < 4.78 is 33.0. The Morgan fingerprint density at radius 1 is 1.00 bits per heavy atom. The first kappa shape index (κ1) is 23.8. The van der Waals surface area contributed by atoms with Gasteiger partial charge in [-0.2, -0.15) is 4.31 Å². The molecule has 1 atom stereocenters. The lowest BCUT2D eigenvalue weighted by Gasteiger charge is -2.36. The lowest BCUT2D eigenvalue weighted by atomic mass is 9.76. The Labute approximate surface area is 205 Å². The third-order valence-electron chi connectivity index (χ3n) is 7.10. The maximum absolute atomic E-state index is 13.5. The van der Waals surface area contributed by atoms with Crippen molar-refractivity contribution >= 4 is 22.0 Å². The molecule has 5 rings (SSSR count). The quantitative estimate of drug-likeness (QED) is 0.613. The maximum atomic E-state index is 13.5. The molecule has 10 heteroatoms. The fourth-order valence-corrected chi connectivity index (χ4v) is 6.70. The lowest BCUT2D eigenvalue weighted by Crippen LogP contribution is -2.53. The highest BCUT2D eigenvalue weighted by Crippen LogP contribution is 2.40. The molecular formula is C25H30N4O5S. The summed E-state index contributed by atoms with van der Waals surface area (Å²) >= 11 is 0. The molecule has 1 unspecified atom stereocenters. The highest BCUT2D eigenvalue weighted by Gasteiger charge is 2.54. The Morgan fingerprint density at radius 3 is 2.43 bits per heavy atom. The third-order valence-corrected chi connectivity index (χ3v) is 9.01. The molecular weight excluding hydrogens is 468 g/mol. The molecule has 35 heavy (non-hydrogen) atoms. The summed E-state index contributed by atoms with van der Waals surface area (Å²) in [6.07, 6.45) is 2.31. The van der Waals surface area contributed by atoms with Crippen LogP contribution in [-0.4, -0.2) is 73.9 Å². The molecule has 9 nitrogen and oxygen atoms in total. The molecule has 2 fully saturated rings. The number of imide groups is 1. The zero-order chi connectivity index (χ0) is 24.6. The molecule has 3 amide bonds. The van der Waals surface area contributed by atoms with E-state index in [-0.39, 0.29) is 30.6 Å². The van der Waals surface area contributed by atoms with E-state index in [2.05, 4.69) is 5.32 Å². The van der Waals surface area contributed by atoms with Gasteiger partial charge in [0.1, 0.15) is 11.3 Å². The summed E-state index contributed by atoms with van der Waals surface area (Å²) in [7, 11) is -3.63. The van der Waals surface area contributed by atoms with Crippen LogP contribution in [0.5, 0.6) is 5.75 Å². The number of carbonyl (C=O) groups is 2. The maximum Gasteiger partial charge on any atom is 0.326 e. The van der Waals surface area contributed by atoms with Gasteiger partial charge >= 0.3 is 6.03 Å². The number of fused-ring (bicyclic) bond motifs is 2. The number of nitrogens with one attached hydrogen (secondary N) is 1. The van der Waals surface area contributed by atoms with Crippen molar-refractivity contribution in [2.75, 3.05) is 39.5 Å². The molecule has 1 spiro atoms. The zero-order valence-electron chi connectivity index (χ0n) is 19.8. The summed E-state index contributed by atoms with van der Waals surface area (Å²) in [5.41, 5.74) is 0.991. The van der Waals surface area contributed by atoms with Gasteiger partial charge in [-0.25, -0.2) is 18.1 Å². The van der Waals surface area contributed by atoms with Crippen LogP contribution >= 0.6 is 0 Å². The molecule has 186 valence electrons. The fraction of sp³-hybridized carbons (Fsp3) is 0.440. The monoisotopic (exact) mass is 498 g/mol. The van der Waals surface area contributed by atoms with Gasteiger partial charge in [-0.3, -0.25) is 9.69 Å². The minimum atomic E-state index is -3.63. The summed E-state index contributed by atoms with van der Waals surface area (Å²) in [5, 5.41) is 2.98. The van der Waals surface area contributed by atoms with E-state index in [9.17, 15) is 18.0 Å². The number of benzene rings is 2. The van der Waals surface area contributed by atoms with Crippen molar-refractivity contribution in [1.29, 1.82) is 0 Å². The predicted octanol–water partition coefficient (Wildman–Crippen LogP) is 2.13. The van der Waals surface area contributed by atoms with Crippen LogP contribution in [0.4, 0.5) is 4.79 Å². The molecule has 2 aromatic carbocycles. The number of urea groups is 1. The van der Waals surface area contributed by atoms with Gasteiger partial charge < -0.3 is 10.1 Å². The van der Waals surface area contributed by atoms with Crippen LogP contribution in [0.1, 0.15) is 30.9 Å². The number of amides is 3. The molecule has 0 saturated carbocycles. The summed E-state index contributed by atoms with van der Waals surface area (Å²) in [4.78, 5) is 29.8. The molecule has 0 aromatic heterocycles. The SMILES string of the molecule is CCOc1ccc(S(=O)(=O)N2CCN(CN3C(=O)NC4(CCCc5ccccc54)C3=O)CC2)cc1. The number of ether oxygens (including phenoxy) is 1. The van der Waals surface area contributed by atoms with E-state index in [1.165, 1.54) is 9.21 Å². The van der Waals surface area contributed by atoms with Crippen LogP contribution in [0, 0.1) is 0 Å². The van der Waals surface area contributed by atoms with Gasteiger partial charge in [-0.1, -0.05) is 24.3 Å².